The zero-order valence-corrected chi connectivity index (χ0v) is 18.4. The minimum Gasteiger partial charge on any atom is -0.389 e. The van der Waals surface area contributed by atoms with Gasteiger partial charge in [-0.05, 0) is 23.6 Å². The van der Waals surface area contributed by atoms with Crippen LogP contribution in [0.4, 0.5) is 15.2 Å². The van der Waals surface area contributed by atoms with Crippen LogP contribution in [0.3, 0.4) is 0 Å². The van der Waals surface area contributed by atoms with E-state index in [0.29, 0.717) is 42.2 Å². The maximum absolute atomic E-state index is 13.2. The van der Waals surface area contributed by atoms with E-state index in [1.54, 1.807) is 24.3 Å². The molecule has 3 aromatic rings. The van der Waals surface area contributed by atoms with E-state index in [2.05, 4.69) is 20.8 Å². The maximum Gasteiger partial charge on any atom is 0.280 e. The fourth-order valence-corrected chi connectivity index (χ4v) is 4.15. The van der Waals surface area contributed by atoms with Crippen LogP contribution in [0.25, 0.3) is 0 Å². The Labute approximate surface area is 191 Å². The van der Waals surface area contributed by atoms with Crippen molar-refractivity contribution in [3.8, 4) is 0 Å². The highest BCUT2D eigenvalue weighted by molar-refractivity contribution is 7.14. The molecular weight excluding hydrogens is 455 g/mol. The SMILES string of the molecule is O=C(Cc1cccs1)Nc1ccc(/C(=N\O[C@@H]2CCOC2)C(=O)Nc2ncc(F)s2)cc1. The summed E-state index contributed by atoms with van der Waals surface area (Å²) in [5, 5.41) is 10.9. The standard InChI is InChI=1S/C21H19FN4O4S2/c22-17-11-23-21(32-17)25-20(28)19(26-30-15-7-8-29-12-15)13-3-5-14(6-4-13)24-18(27)10-16-2-1-9-31-16/h1-6,9,11,15H,7-8,10,12H2,(H,24,27)(H,23,25,28)/b26-19+/t15-/m1/s1. The number of halogens is 1. The van der Waals surface area contributed by atoms with Crippen molar-refractivity contribution in [3.63, 3.8) is 0 Å². The minimum absolute atomic E-state index is 0.00368. The van der Waals surface area contributed by atoms with E-state index in [4.69, 9.17) is 9.57 Å². The number of thiazole rings is 1. The summed E-state index contributed by atoms with van der Waals surface area (Å²) in [7, 11) is 0. The van der Waals surface area contributed by atoms with E-state index in [1.165, 1.54) is 11.3 Å². The van der Waals surface area contributed by atoms with Crippen LogP contribution in [0.1, 0.15) is 16.9 Å². The van der Waals surface area contributed by atoms with Crippen molar-refractivity contribution in [1.29, 1.82) is 0 Å². The Bertz CT molecular complexity index is 1090. The first-order chi connectivity index (χ1) is 15.6. The Balaban J connectivity index is 1.47. The van der Waals surface area contributed by atoms with E-state index in [0.717, 1.165) is 11.1 Å². The van der Waals surface area contributed by atoms with Gasteiger partial charge >= 0.3 is 0 Å². The molecular formula is C21H19FN4O4S2. The van der Waals surface area contributed by atoms with Gasteiger partial charge in [-0.3, -0.25) is 14.9 Å². The lowest BCUT2D eigenvalue weighted by Crippen LogP contribution is -2.25. The van der Waals surface area contributed by atoms with Crippen LogP contribution in [0.5, 0.6) is 0 Å². The molecule has 1 atom stereocenters. The number of hydrogen-bond donors (Lipinski definition) is 2. The molecule has 1 saturated heterocycles. The van der Waals surface area contributed by atoms with Crippen LogP contribution in [-0.4, -0.2) is 41.8 Å². The van der Waals surface area contributed by atoms with E-state index in [1.807, 2.05) is 17.5 Å². The lowest BCUT2D eigenvalue weighted by molar-refractivity contribution is -0.115. The molecule has 2 amide bonds. The number of hydrogen-bond acceptors (Lipinski definition) is 8. The van der Waals surface area contributed by atoms with Crippen molar-refractivity contribution in [1.82, 2.24) is 4.98 Å². The third-order valence-electron chi connectivity index (χ3n) is 4.45. The first kappa shape index (κ1) is 22.1. The Morgan fingerprint density at radius 1 is 1.25 bits per heavy atom. The van der Waals surface area contributed by atoms with Crippen LogP contribution in [-0.2, 0) is 25.6 Å². The molecule has 2 aromatic heterocycles. The summed E-state index contributed by atoms with van der Waals surface area (Å²) in [6.45, 7) is 0.964. The van der Waals surface area contributed by atoms with Crippen molar-refractivity contribution in [2.24, 2.45) is 5.16 Å². The van der Waals surface area contributed by atoms with Gasteiger partial charge in [-0.15, -0.1) is 11.3 Å². The number of carbonyl (C=O) groups is 2. The smallest absolute Gasteiger partial charge is 0.280 e. The number of nitrogens with one attached hydrogen (secondary N) is 2. The van der Waals surface area contributed by atoms with Gasteiger partial charge in [0, 0.05) is 22.5 Å². The topological polar surface area (TPSA) is 102 Å². The molecule has 0 radical (unpaired) electrons. The zero-order valence-electron chi connectivity index (χ0n) is 16.7. The molecule has 4 rings (SSSR count). The van der Waals surface area contributed by atoms with E-state index >= 15 is 0 Å². The van der Waals surface area contributed by atoms with Gasteiger partial charge in [0.2, 0.25) is 5.91 Å². The Morgan fingerprint density at radius 2 is 2.09 bits per heavy atom. The summed E-state index contributed by atoms with van der Waals surface area (Å²) in [5.74, 6) is -0.727. The normalized spacial score (nSPS) is 16.0. The highest BCUT2D eigenvalue weighted by atomic mass is 32.1. The number of ether oxygens (including phenoxy) is 1. The van der Waals surface area contributed by atoms with E-state index in [-0.39, 0.29) is 29.3 Å². The number of carbonyl (C=O) groups excluding carboxylic acids is 2. The largest absolute Gasteiger partial charge is 0.389 e. The number of amides is 2. The Kier molecular flexibility index (Phi) is 7.20. The van der Waals surface area contributed by atoms with Crippen LogP contribution >= 0.6 is 22.7 Å². The number of rotatable bonds is 8. The fourth-order valence-electron chi connectivity index (χ4n) is 2.91. The summed E-state index contributed by atoms with van der Waals surface area (Å²) >= 11 is 2.23. The molecule has 2 N–H and O–H groups in total. The van der Waals surface area contributed by atoms with Gasteiger partial charge in [-0.1, -0.05) is 34.7 Å². The number of nitrogens with zero attached hydrogens (tertiary/aromatic N) is 2. The third-order valence-corrected chi connectivity index (χ3v) is 6.03. The summed E-state index contributed by atoms with van der Waals surface area (Å²) in [6, 6.07) is 10.4. The van der Waals surface area contributed by atoms with Crippen LogP contribution in [0.2, 0.25) is 0 Å². The highest BCUT2D eigenvalue weighted by Gasteiger charge is 2.21. The Morgan fingerprint density at radius 3 is 2.75 bits per heavy atom. The van der Waals surface area contributed by atoms with E-state index in [9.17, 15) is 14.0 Å². The second-order valence-corrected chi connectivity index (χ2v) is 8.85. The lowest BCUT2D eigenvalue weighted by Gasteiger charge is -2.10. The van der Waals surface area contributed by atoms with Crippen LogP contribution in [0.15, 0.2) is 53.1 Å². The number of benzene rings is 1. The van der Waals surface area contributed by atoms with Crippen molar-refractivity contribution in [2.45, 2.75) is 18.9 Å². The average Bonchev–Trinajstić information content (AvgIpc) is 3.54. The summed E-state index contributed by atoms with van der Waals surface area (Å²) in [5.41, 5.74) is 1.06. The van der Waals surface area contributed by atoms with Gasteiger partial charge in [-0.25, -0.2) is 4.98 Å². The predicted octanol–water partition coefficient (Wildman–Crippen LogP) is 3.67. The zero-order chi connectivity index (χ0) is 22.3. The van der Waals surface area contributed by atoms with Gasteiger partial charge in [-0.2, -0.15) is 4.39 Å². The first-order valence-corrected chi connectivity index (χ1v) is 11.4. The van der Waals surface area contributed by atoms with Gasteiger partial charge in [0.25, 0.3) is 5.91 Å². The maximum atomic E-state index is 13.2. The number of thiophene rings is 1. The molecule has 0 spiro atoms. The molecule has 1 aliphatic heterocycles. The highest BCUT2D eigenvalue weighted by Crippen LogP contribution is 2.18. The quantitative estimate of drug-likeness (QED) is 0.383. The van der Waals surface area contributed by atoms with Crippen molar-refractivity contribution in [2.75, 3.05) is 23.8 Å². The molecule has 1 fully saturated rings. The molecule has 166 valence electrons. The molecule has 0 unspecified atom stereocenters. The average molecular weight is 475 g/mol. The lowest BCUT2D eigenvalue weighted by atomic mass is 10.1. The number of anilines is 2. The molecule has 1 aromatic carbocycles. The molecule has 3 heterocycles. The molecule has 0 aliphatic carbocycles. The molecule has 0 bridgehead atoms. The monoisotopic (exact) mass is 474 g/mol. The summed E-state index contributed by atoms with van der Waals surface area (Å²) < 4.78 is 18.5. The van der Waals surface area contributed by atoms with Gasteiger partial charge in [0.1, 0.15) is 0 Å². The van der Waals surface area contributed by atoms with Crippen LogP contribution < -0.4 is 10.6 Å². The van der Waals surface area contributed by atoms with Crippen molar-refractivity contribution in [3.05, 3.63) is 63.5 Å². The molecule has 1 aliphatic rings. The molecule has 0 saturated carbocycles. The first-order valence-electron chi connectivity index (χ1n) is 9.74. The van der Waals surface area contributed by atoms with Crippen LogP contribution in [0, 0.1) is 5.13 Å². The second kappa shape index (κ2) is 10.4. The Hall–Kier alpha value is -3.15. The second-order valence-electron chi connectivity index (χ2n) is 6.84. The predicted molar refractivity (Wildman–Crippen MR) is 121 cm³/mol. The summed E-state index contributed by atoms with van der Waals surface area (Å²) in [4.78, 5) is 35.2. The van der Waals surface area contributed by atoms with Gasteiger partial charge < -0.3 is 14.9 Å². The minimum atomic E-state index is -0.590. The van der Waals surface area contributed by atoms with Crippen molar-refractivity contribution < 1.29 is 23.6 Å². The fraction of sp³-hybridized carbons (Fsp3) is 0.238. The molecule has 8 nitrogen and oxygen atoms in total. The molecule has 11 heteroatoms. The summed E-state index contributed by atoms with van der Waals surface area (Å²) in [6.07, 6.45) is 1.74. The van der Waals surface area contributed by atoms with Crippen molar-refractivity contribution >= 4 is 51.0 Å². The van der Waals surface area contributed by atoms with Gasteiger partial charge in [0.05, 0.1) is 25.8 Å². The third kappa shape index (κ3) is 5.96. The number of aromatic nitrogens is 1. The van der Waals surface area contributed by atoms with E-state index < -0.39 is 11.0 Å². The van der Waals surface area contributed by atoms with Gasteiger partial charge in [0.15, 0.2) is 22.1 Å². The number of oxime groups is 1. The molecule has 32 heavy (non-hydrogen) atoms.